The Morgan fingerprint density at radius 2 is 1.90 bits per heavy atom. The molecule has 1 fully saturated rings. The maximum Gasteiger partial charge on any atom is 0.0847 e. The lowest BCUT2D eigenvalue weighted by Crippen LogP contribution is -2.08. The minimum absolute atomic E-state index is 0.516. The summed E-state index contributed by atoms with van der Waals surface area (Å²) >= 11 is 0. The number of aliphatic hydroxyl groups is 1. The van der Waals surface area contributed by atoms with Crippen LogP contribution in [0.3, 0.4) is 0 Å². The van der Waals surface area contributed by atoms with Gasteiger partial charge in [-0.2, -0.15) is 5.10 Å². The van der Waals surface area contributed by atoms with Crippen molar-refractivity contribution >= 4 is 0 Å². The zero-order valence-corrected chi connectivity index (χ0v) is 12.8. The monoisotopic (exact) mass is 285 g/mol. The summed E-state index contributed by atoms with van der Waals surface area (Å²) in [7, 11) is 0. The van der Waals surface area contributed by atoms with E-state index in [-0.39, 0.29) is 0 Å². The first kappa shape index (κ1) is 14.3. The summed E-state index contributed by atoms with van der Waals surface area (Å²) in [6, 6.07) is 6.49. The molecule has 0 radical (unpaired) electrons. The summed E-state index contributed by atoms with van der Waals surface area (Å²) in [6.07, 6.45) is 7.16. The van der Waals surface area contributed by atoms with Gasteiger partial charge in [-0.1, -0.05) is 12.8 Å². The fourth-order valence-corrected chi connectivity index (χ4v) is 3.23. The van der Waals surface area contributed by atoms with Crippen molar-refractivity contribution in [3.05, 3.63) is 47.0 Å². The first-order valence-electron chi connectivity index (χ1n) is 7.79. The van der Waals surface area contributed by atoms with E-state index in [0.717, 1.165) is 22.6 Å². The van der Waals surface area contributed by atoms with Crippen molar-refractivity contribution in [3.63, 3.8) is 0 Å². The van der Waals surface area contributed by atoms with Gasteiger partial charge in [0, 0.05) is 24.0 Å². The molecule has 0 bridgehead atoms. The van der Waals surface area contributed by atoms with Crippen molar-refractivity contribution in [1.29, 1.82) is 0 Å². The van der Waals surface area contributed by atoms with Gasteiger partial charge in [-0.3, -0.25) is 9.67 Å². The van der Waals surface area contributed by atoms with Gasteiger partial charge in [0.2, 0.25) is 0 Å². The van der Waals surface area contributed by atoms with Crippen LogP contribution in [-0.2, 0) is 6.42 Å². The molecule has 0 spiro atoms. The molecule has 3 rings (SSSR count). The second kappa shape index (κ2) is 5.98. The second-order valence-electron chi connectivity index (χ2n) is 6.13. The number of aliphatic hydroxyl groups excluding tert-OH is 1. The van der Waals surface area contributed by atoms with Crippen molar-refractivity contribution in [2.24, 2.45) is 0 Å². The number of hydrogen-bond donors (Lipinski definition) is 1. The fraction of sp³-hybridized carbons (Fsp3) is 0.529. The lowest BCUT2D eigenvalue weighted by molar-refractivity contribution is 0.176. The maximum atomic E-state index is 10.4. The largest absolute Gasteiger partial charge is 0.388 e. The predicted molar refractivity (Wildman–Crippen MR) is 82.1 cm³/mol. The molecule has 112 valence electrons. The third-order valence-electron chi connectivity index (χ3n) is 4.25. The number of rotatable bonds is 4. The molecule has 1 unspecified atom stereocenters. The van der Waals surface area contributed by atoms with Gasteiger partial charge in [0.1, 0.15) is 0 Å². The summed E-state index contributed by atoms with van der Waals surface area (Å²) in [5, 5.41) is 15.1. The van der Waals surface area contributed by atoms with E-state index in [9.17, 15) is 5.11 Å². The van der Waals surface area contributed by atoms with E-state index in [4.69, 9.17) is 0 Å². The predicted octanol–water partition coefficient (Wildman–Crippen LogP) is 3.29. The first-order chi connectivity index (χ1) is 10.1. The Morgan fingerprint density at radius 1 is 1.24 bits per heavy atom. The second-order valence-corrected chi connectivity index (χ2v) is 6.13. The highest BCUT2D eigenvalue weighted by atomic mass is 16.3. The Morgan fingerprint density at radius 3 is 2.57 bits per heavy atom. The smallest absolute Gasteiger partial charge is 0.0847 e. The van der Waals surface area contributed by atoms with Gasteiger partial charge in [-0.25, -0.2) is 0 Å². The van der Waals surface area contributed by atoms with E-state index in [1.165, 1.54) is 25.7 Å². The lowest BCUT2D eigenvalue weighted by Gasteiger charge is -2.12. The van der Waals surface area contributed by atoms with Gasteiger partial charge in [0.05, 0.1) is 17.8 Å². The Kier molecular flexibility index (Phi) is 4.06. The standard InChI is InChI=1S/C17H23N3O/c1-12-9-14(10-13(2)18-12)17(21)11-15-7-8-20(19-15)16-5-3-4-6-16/h7-10,16-17,21H,3-6,11H2,1-2H3. The molecule has 0 saturated heterocycles. The summed E-state index contributed by atoms with van der Waals surface area (Å²) in [5.41, 5.74) is 3.78. The molecule has 0 aliphatic heterocycles. The van der Waals surface area contributed by atoms with Crippen LogP contribution in [0, 0.1) is 13.8 Å². The quantitative estimate of drug-likeness (QED) is 0.938. The van der Waals surface area contributed by atoms with E-state index in [1.807, 2.05) is 32.0 Å². The molecule has 1 aliphatic rings. The normalized spacial score (nSPS) is 17.3. The number of aromatic nitrogens is 3. The Hall–Kier alpha value is -1.68. The molecule has 0 aromatic carbocycles. The van der Waals surface area contributed by atoms with E-state index < -0.39 is 6.10 Å². The highest BCUT2D eigenvalue weighted by Crippen LogP contribution is 2.29. The molecule has 0 amide bonds. The van der Waals surface area contributed by atoms with Gasteiger partial charge in [-0.15, -0.1) is 0 Å². The number of aryl methyl sites for hydroxylation is 2. The molecular weight excluding hydrogens is 262 g/mol. The third-order valence-corrected chi connectivity index (χ3v) is 4.25. The maximum absolute atomic E-state index is 10.4. The van der Waals surface area contributed by atoms with Crippen LogP contribution in [0.4, 0.5) is 0 Å². The molecular formula is C17H23N3O. The van der Waals surface area contributed by atoms with Crippen molar-refractivity contribution in [2.45, 2.75) is 58.1 Å². The van der Waals surface area contributed by atoms with Crippen LogP contribution in [0.1, 0.15) is 60.5 Å². The van der Waals surface area contributed by atoms with E-state index >= 15 is 0 Å². The molecule has 4 nitrogen and oxygen atoms in total. The van der Waals surface area contributed by atoms with E-state index in [2.05, 4.69) is 21.0 Å². The molecule has 2 aromatic rings. The van der Waals surface area contributed by atoms with Crippen molar-refractivity contribution in [3.8, 4) is 0 Å². The highest BCUT2D eigenvalue weighted by molar-refractivity contribution is 5.23. The Labute approximate surface area is 125 Å². The van der Waals surface area contributed by atoms with Gasteiger partial charge in [-0.05, 0) is 50.5 Å². The van der Waals surface area contributed by atoms with Gasteiger partial charge >= 0.3 is 0 Å². The summed E-state index contributed by atoms with van der Waals surface area (Å²) in [6.45, 7) is 3.91. The number of nitrogens with zero attached hydrogens (tertiary/aromatic N) is 3. The fourth-order valence-electron chi connectivity index (χ4n) is 3.23. The van der Waals surface area contributed by atoms with Crippen LogP contribution >= 0.6 is 0 Å². The van der Waals surface area contributed by atoms with Crippen molar-refractivity contribution in [1.82, 2.24) is 14.8 Å². The lowest BCUT2D eigenvalue weighted by atomic mass is 10.0. The molecule has 1 atom stereocenters. The number of pyridine rings is 1. The first-order valence-corrected chi connectivity index (χ1v) is 7.79. The summed E-state index contributed by atoms with van der Waals surface area (Å²) in [5.74, 6) is 0. The topological polar surface area (TPSA) is 50.9 Å². The number of hydrogen-bond acceptors (Lipinski definition) is 3. The highest BCUT2D eigenvalue weighted by Gasteiger charge is 2.18. The van der Waals surface area contributed by atoms with Crippen molar-refractivity contribution < 1.29 is 5.11 Å². The van der Waals surface area contributed by atoms with Crippen LogP contribution in [-0.4, -0.2) is 19.9 Å². The summed E-state index contributed by atoms with van der Waals surface area (Å²) < 4.78 is 2.08. The van der Waals surface area contributed by atoms with Crippen LogP contribution in [0.2, 0.25) is 0 Å². The average molecular weight is 285 g/mol. The van der Waals surface area contributed by atoms with E-state index in [0.29, 0.717) is 12.5 Å². The van der Waals surface area contributed by atoms with Crippen LogP contribution in [0.25, 0.3) is 0 Å². The van der Waals surface area contributed by atoms with E-state index in [1.54, 1.807) is 0 Å². The molecule has 21 heavy (non-hydrogen) atoms. The molecule has 1 N–H and O–H groups in total. The van der Waals surface area contributed by atoms with Gasteiger partial charge in [0.15, 0.2) is 0 Å². The Balaban J connectivity index is 1.70. The van der Waals surface area contributed by atoms with Crippen LogP contribution in [0.5, 0.6) is 0 Å². The Bertz CT molecular complexity index is 594. The summed E-state index contributed by atoms with van der Waals surface area (Å²) in [4.78, 5) is 4.35. The van der Waals surface area contributed by atoms with Crippen LogP contribution < -0.4 is 0 Å². The molecule has 2 aromatic heterocycles. The zero-order valence-electron chi connectivity index (χ0n) is 12.8. The minimum Gasteiger partial charge on any atom is -0.388 e. The zero-order chi connectivity index (χ0) is 14.8. The average Bonchev–Trinajstić information content (AvgIpc) is 3.07. The SMILES string of the molecule is Cc1cc(C(O)Cc2ccn(C3CCCC3)n2)cc(C)n1. The molecule has 1 saturated carbocycles. The third kappa shape index (κ3) is 3.32. The van der Waals surface area contributed by atoms with Gasteiger partial charge in [0.25, 0.3) is 0 Å². The van der Waals surface area contributed by atoms with Gasteiger partial charge < -0.3 is 5.11 Å². The molecule has 2 heterocycles. The van der Waals surface area contributed by atoms with Crippen LogP contribution in [0.15, 0.2) is 24.4 Å². The molecule has 1 aliphatic carbocycles. The van der Waals surface area contributed by atoms with Crippen molar-refractivity contribution in [2.75, 3.05) is 0 Å². The minimum atomic E-state index is -0.516. The molecule has 4 heteroatoms.